The molecule has 2 atom stereocenters. The molecule has 2 heterocycles. The number of piperazine rings is 1. The summed E-state index contributed by atoms with van der Waals surface area (Å²) in [5.74, 6) is 0. The quantitative estimate of drug-likeness (QED) is 0.829. The lowest BCUT2D eigenvalue weighted by molar-refractivity contribution is 0.129. The summed E-state index contributed by atoms with van der Waals surface area (Å²) in [6.45, 7) is 9.82. The molecule has 0 saturated carbocycles. The molecule has 1 saturated heterocycles. The van der Waals surface area contributed by atoms with Crippen molar-refractivity contribution in [3.63, 3.8) is 0 Å². The third-order valence-electron chi connectivity index (χ3n) is 3.20. The zero-order valence-electron chi connectivity index (χ0n) is 9.66. The third-order valence-corrected chi connectivity index (χ3v) is 4.02. The van der Waals surface area contributed by atoms with Gasteiger partial charge in [-0.2, -0.15) is 0 Å². The van der Waals surface area contributed by atoms with E-state index in [1.54, 1.807) is 11.3 Å². The Morgan fingerprint density at radius 3 is 3.07 bits per heavy atom. The van der Waals surface area contributed by atoms with Crippen molar-refractivity contribution in [2.45, 2.75) is 39.4 Å². The standard InChI is InChI=1S/C11H19N3S/c1-8-9(2)14(5-4-12-8)6-11-7-15-10(3)13-11/h7-9,12H,4-6H2,1-3H3. The smallest absolute Gasteiger partial charge is 0.0897 e. The van der Waals surface area contributed by atoms with E-state index in [0.717, 1.165) is 19.6 Å². The highest BCUT2D eigenvalue weighted by atomic mass is 32.1. The van der Waals surface area contributed by atoms with Crippen LogP contribution in [-0.4, -0.2) is 35.1 Å². The van der Waals surface area contributed by atoms with Crippen molar-refractivity contribution in [3.05, 3.63) is 16.1 Å². The second-order valence-corrected chi connectivity index (χ2v) is 5.37. The molecule has 1 N–H and O–H groups in total. The first-order valence-electron chi connectivity index (χ1n) is 5.55. The van der Waals surface area contributed by atoms with Crippen LogP contribution in [0.1, 0.15) is 24.5 Å². The van der Waals surface area contributed by atoms with E-state index in [0.29, 0.717) is 12.1 Å². The van der Waals surface area contributed by atoms with Crippen LogP contribution in [0.5, 0.6) is 0 Å². The topological polar surface area (TPSA) is 28.2 Å². The normalized spacial score (nSPS) is 28.2. The second kappa shape index (κ2) is 4.60. The van der Waals surface area contributed by atoms with Gasteiger partial charge in [0.05, 0.1) is 10.7 Å². The summed E-state index contributed by atoms with van der Waals surface area (Å²) < 4.78 is 0. The maximum absolute atomic E-state index is 4.52. The molecule has 2 unspecified atom stereocenters. The summed E-state index contributed by atoms with van der Waals surface area (Å²) in [5.41, 5.74) is 1.22. The van der Waals surface area contributed by atoms with Crippen molar-refractivity contribution in [3.8, 4) is 0 Å². The highest BCUT2D eigenvalue weighted by Gasteiger charge is 2.24. The molecule has 1 fully saturated rings. The van der Waals surface area contributed by atoms with Crippen LogP contribution in [0.25, 0.3) is 0 Å². The van der Waals surface area contributed by atoms with Gasteiger partial charge in [0.2, 0.25) is 0 Å². The van der Waals surface area contributed by atoms with E-state index in [1.165, 1.54) is 10.7 Å². The van der Waals surface area contributed by atoms with Gasteiger partial charge in [0.1, 0.15) is 0 Å². The minimum Gasteiger partial charge on any atom is -0.311 e. The lowest BCUT2D eigenvalue weighted by atomic mass is 10.1. The van der Waals surface area contributed by atoms with Crippen LogP contribution in [0.2, 0.25) is 0 Å². The molecule has 0 aliphatic carbocycles. The average molecular weight is 225 g/mol. The predicted molar refractivity (Wildman–Crippen MR) is 64.2 cm³/mol. The molecule has 0 amide bonds. The molecule has 2 rings (SSSR count). The first-order chi connectivity index (χ1) is 7.16. The molecule has 0 radical (unpaired) electrons. The van der Waals surface area contributed by atoms with Gasteiger partial charge in [0.25, 0.3) is 0 Å². The summed E-state index contributed by atoms with van der Waals surface area (Å²) in [6, 6.07) is 1.18. The van der Waals surface area contributed by atoms with E-state index in [1.807, 2.05) is 0 Å². The lowest BCUT2D eigenvalue weighted by Gasteiger charge is -2.38. The highest BCUT2D eigenvalue weighted by molar-refractivity contribution is 7.09. The summed E-state index contributed by atoms with van der Waals surface area (Å²) >= 11 is 1.74. The molecule has 0 spiro atoms. The summed E-state index contributed by atoms with van der Waals surface area (Å²) in [7, 11) is 0. The van der Waals surface area contributed by atoms with Crippen LogP contribution >= 0.6 is 11.3 Å². The molecule has 1 aromatic rings. The van der Waals surface area contributed by atoms with Gasteiger partial charge in [-0.3, -0.25) is 4.90 Å². The Bertz CT molecular complexity index is 323. The Morgan fingerprint density at radius 2 is 2.40 bits per heavy atom. The van der Waals surface area contributed by atoms with Crippen LogP contribution in [0.4, 0.5) is 0 Å². The molecule has 1 aliphatic rings. The summed E-state index contributed by atoms with van der Waals surface area (Å²) in [5, 5.41) is 6.84. The maximum atomic E-state index is 4.52. The van der Waals surface area contributed by atoms with E-state index in [4.69, 9.17) is 0 Å². The molecule has 3 nitrogen and oxygen atoms in total. The van der Waals surface area contributed by atoms with Gasteiger partial charge >= 0.3 is 0 Å². The Balaban J connectivity index is 1.99. The van der Waals surface area contributed by atoms with E-state index in [2.05, 4.69) is 41.4 Å². The fraction of sp³-hybridized carbons (Fsp3) is 0.727. The van der Waals surface area contributed by atoms with Gasteiger partial charge in [-0.1, -0.05) is 0 Å². The second-order valence-electron chi connectivity index (χ2n) is 4.31. The number of thiazole rings is 1. The fourth-order valence-electron chi connectivity index (χ4n) is 2.04. The zero-order chi connectivity index (χ0) is 10.8. The maximum Gasteiger partial charge on any atom is 0.0897 e. The monoisotopic (exact) mass is 225 g/mol. The molecule has 15 heavy (non-hydrogen) atoms. The molecule has 0 bridgehead atoms. The van der Waals surface area contributed by atoms with Crippen LogP contribution < -0.4 is 5.32 Å². The number of hydrogen-bond acceptors (Lipinski definition) is 4. The Hall–Kier alpha value is -0.450. The Kier molecular flexibility index (Phi) is 3.38. The van der Waals surface area contributed by atoms with E-state index >= 15 is 0 Å². The largest absolute Gasteiger partial charge is 0.311 e. The van der Waals surface area contributed by atoms with Gasteiger partial charge < -0.3 is 5.32 Å². The lowest BCUT2D eigenvalue weighted by Crippen LogP contribution is -2.54. The van der Waals surface area contributed by atoms with Crippen molar-refractivity contribution in [2.24, 2.45) is 0 Å². The van der Waals surface area contributed by atoms with E-state index in [-0.39, 0.29) is 0 Å². The van der Waals surface area contributed by atoms with Crippen molar-refractivity contribution in [1.82, 2.24) is 15.2 Å². The van der Waals surface area contributed by atoms with Crippen LogP contribution in [-0.2, 0) is 6.54 Å². The zero-order valence-corrected chi connectivity index (χ0v) is 10.5. The van der Waals surface area contributed by atoms with E-state index < -0.39 is 0 Å². The predicted octanol–water partition coefficient (Wildman–Crippen LogP) is 1.63. The van der Waals surface area contributed by atoms with Crippen LogP contribution in [0.15, 0.2) is 5.38 Å². The van der Waals surface area contributed by atoms with Gasteiger partial charge in [-0.25, -0.2) is 4.98 Å². The van der Waals surface area contributed by atoms with E-state index in [9.17, 15) is 0 Å². The van der Waals surface area contributed by atoms with Crippen molar-refractivity contribution in [2.75, 3.05) is 13.1 Å². The van der Waals surface area contributed by atoms with Gasteiger partial charge in [-0.05, 0) is 20.8 Å². The Morgan fingerprint density at radius 1 is 1.60 bits per heavy atom. The molecular weight excluding hydrogens is 206 g/mol. The number of nitrogens with one attached hydrogen (secondary N) is 1. The number of nitrogens with zero attached hydrogens (tertiary/aromatic N) is 2. The summed E-state index contributed by atoms with van der Waals surface area (Å²) in [4.78, 5) is 7.03. The first kappa shape index (κ1) is 11.0. The molecule has 1 aliphatic heterocycles. The van der Waals surface area contributed by atoms with Crippen molar-refractivity contribution >= 4 is 11.3 Å². The molecule has 1 aromatic heterocycles. The SMILES string of the molecule is Cc1nc(CN2CCNC(C)C2C)cs1. The first-order valence-corrected chi connectivity index (χ1v) is 6.43. The number of aryl methyl sites for hydroxylation is 1. The minimum atomic E-state index is 0.582. The minimum absolute atomic E-state index is 0.582. The molecule has 0 aromatic carbocycles. The van der Waals surface area contributed by atoms with Gasteiger partial charge in [-0.15, -0.1) is 11.3 Å². The average Bonchev–Trinajstić information content (AvgIpc) is 2.59. The van der Waals surface area contributed by atoms with Crippen LogP contribution in [0, 0.1) is 6.92 Å². The van der Waals surface area contributed by atoms with Crippen molar-refractivity contribution < 1.29 is 0 Å². The van der Waals surface area contributed by atoms with Gasteiger partial charge in [0.15, 0.2) is 0 Å². The molecule has 4 heteroatoms. The fourth-order valence-corrected chi connectivity index (χ4v) is 2.64. The summed E-state index contributed by atoms with van der Waals surface area (Å²) in [6.07, 6.45) is 0. The molecule has 84 valence electrons. The van der Waals surface area contributed by atoms with Crippen LogP contribution in [0.3, 0.4) is 0 Å². The third kappa shape index (κ3) is 2.56. The number of hydrogen-bond donors (Lipinski definition) is 1. The number of aromatic nitrogens is 1. The van der Waals surface area contributed by atoms with Gasteiger partial charge in [0, 0.05) is 37.1 Å². The molecular formula is C11H19N3S. The van der Waals surface area contributed by atoms with Crippen molar-refractivity contribution in [1.29, 1.82) is 0 Å². The Labute approximate surface area is 95.5 Å². The number of rotatable bonds is 2. The highest BCUT2D eigenvalue weighted by Crippen LogP contribution is 2.15.